The van der Waals surface area contributed by atoms with E-state index >= 15 is 0 Å². The maximum Gasteiger partial charge on any atom is 0.304 e. The van der Waals surface area contributed by atoms with Gasteiger partial charge < -0.3 is 18.6 Å². The fourth-order valence-electron chi connectivity index (χ4n) is 6.11. The van der Waals surface area contributed by atoms with E-state index in [2.05, 4.69) is 69.3 Å². The van der Waals surface area contributed by atoms with Gasteiger partial charge >= 0.3 is 11.9 Å². The molecule has 7 heteroatoms. The predicted octanol–water partition coefficient (Wildman–Crippen LogP) is 4.20. The topological polar surface area (TPSA) is 71.1 Å². The summed E-state index contributed by atoms with van der Waals surface area (Å²) in [6.45, 7) is 10.1. The summed E-state index contributed by atoms with van der Waals surface area (Å²) >= 11 is 0. The summed E-state index contributed by atoms with van der Waals surface area (Å²) in [4.78, 5) is 23.5. The molecule has 2 fully saturated rings. The zero-order valence-electron chi connectivity index (χ0n) is 21.9. The smallest absolute Gasteiger partial charge is 0.304 e. The molecule has 1 aliphatic heterocycles. The first-order valence-electron chi connectivity index (χ1n) is 12.9. The Balaban J connectivity index is 1.66. The Morgan fingerprint density at radius 1 is 0.889 bits per heavy atom. The molecule has 2 aromatic rings. The lowest BCUT2D eigenvalue weighted by Gasteiger charge is -2.44. The molecule has 194 valence electrons. The molecule has 1 saturated carbocycles. The molecular weight excluding hydrogens is 472 g/mol. The van der Waals surface area contributed by atoms with Gasteiger partial charge in [-0.3, -0.25) is 9.59 Å². The van der Waals surface area contributed by atoms with E-state index in [0.29, 0.717) is 19.4 Å². The highest BCUT2D eigenvalue weighted by molar-refractivity contribution is 6.99. The van der Waals surface area contributed by atoms with Crippen molar-refractivity contribution in [2.75, 3.05) is 6.61 Å². The van der Waals surface area contributed by atoms with Gasteiger partial charge in [-0.25, -0.2) is 0 Å². The molecule has 36 heavy (non-hydrogen) atoms. The van der Waals surface area contributed by atoms with Crippen LogP contribution in [0, 0.1) is 11.8 Å². The van der Waals surface area contributed by atoms with Crippen molar-refractivity contribution in [3.63, 3.8) is 0 Å². The zero-order valence-corrected chi connectivity index (χ0v) is 22.9. The molecule has 4 rings (SSSR count). The summed E-state index contributed by atoms with van der Waals surface area (Å²) in [5, 5.41) is 2.29. The van der Waals surface area contributed by atoms with Gasteiger partial charge in [0.2, 0.25) is 6.29 Å². The van der Waals surface area contributed by atoms with Gasteiger partial charge in [0.25, 0.3) is 8.32 Å². The Morgan fingerprint density at radius 2 is 1.44 bits per heavy atom. The normalized spacial score (nSPS) is 26.2. The van der Waals surface area contributed by atoms with Gasteiger partial charge in [-0.1, -0.05) is 81.4 Å². The fraction of sp³-hybridized carbons (Fsp3) is 0.517. The fourth-order valence-corrected chi connectivity index (χ4v) is 10.7. The van der Waals surface area contributed by atoms with E-state index in [9.17, 15) is 9.59 Å². The maximum absolute atomic E-state index is 12.0. The van der Waals surface area contributed by atoms with Gasteiger partial charge in [0, 0.05) is 39.2 Å². The van der Waals surface area contributed by atoms with Crippen molar-refractivity contribution in [1.29, 1.82) is 0 Å². The number of carbonyl (C=O) groups excluding carboxylic acids is 2. The third kappa shape index (κ3) is 5.43. The van der Waals surface area contributed by atoms with Crippen LogP contribution in [-0.2, 0) is 28.2 Å². The molecule has 5 atom stereocenters. The van der Waals surface area contributed by atoms with Crippen molar-refractivity contribution in [3.05, 3.63) is 60.7 Å². The van der Waals surface area contributed by atoms with Crippen LogP contribution in [0.2, 0.25) is 5.04 Å². The van der Waals surface area contributed by atoms with Gasteiger partial charge in [0.1, 0.15) is 6.10 Å². The summed E-state index contributed by atoms with van der Waals surface area (Å²) < 4.78 is 24.5. The molecule has 0 aromatic heterocycles. The van der Waals surface area contributed by atoms with Crippen molar-refractivity contribution in [3.8, 4) is 0 Å². The van der Waals surface area contributed by atoms with Crippen LogP contribution in [0.25, 0.3) is 0 Å². The van der Waals surface area contributed by atoms with Crippen molar-refractivity contribution >= 4 is 30.6 Å². The molecule has 0 N–H and O–H groups in total. The van der Waals surface area contributed by atoms with Crippen LogP contribution in [0.15, 0.2) is 60.7 Å². The lowest BCUT2D eigenvalue weighted by Crippen LogP contribution is -2.67. The zero-order chi connectivity index (χ0) is 25.9. The van der Waals surface area contributed by atoms with Crippen LogP contribution < -0.4 is 10.4 Å². The van der Waals surface area contributed by atoms with Crippen molar-refractivity contribution < 1.29 is 28.2 Å². The first kappa shape index (κ1) is 26.6. The first-order valence-corrected chi connectivity index (χ1v) is 14.8. The Kier molecular flexibility index (Phi) is 8.02. The van der Waals surface area contributed by atoms with Gasteiger partial charge in [0.05, 0.1) is 6.10 Å². The molecule has 1 heterocycles. The van der Waals surface area contributed by atoms with Crippen molar-refractivity contribution in [1.82, 2.24) is 0 Å². The summed E-state index contributed by atoms with van der Waals surface area (Å²) in [7, 11) is -2.73. The third-order valence-corrected chi connectivity index (χ3v) is 12.6. The molecule has 6 nitrogen and oxygen atoms in total. The average molecular weight is 511 g/mol. The van der Waals surface area contributed by atoms with Crippen LogP contribution in [0.3, 0.4) is 0 Å². The van der Waals surface area contributed by atoms with Crippen LogP contribution in [-0.4, -0.2) is 45.4 Å². The minimum absolute atomic E-state index is 0.00109. The minimum atomic E-state index is -2.73. The molecular formula is C29H38O6Si. The van der Waals surface area contributed by atoms with Crippen LogP contribution in [0.4, 0.5) is 0 Å². The first-order chi connectivity index (χ1) is 17.1. The Labute approximate surface area is 215 Å². The number of esters is 2. The molecule has 1 aliphatic carbocycles. The van der Waals surface area contributed by atoms with E-state index in [1.807, 2.05) is 12.1 Å². The molecule has 0 amide bonds. The second-order valence-corrected chi connectivity index (χ2v) is 15.3. The number of benzene rings is 2. The lowest BCUT2D eigenvalue weighted by atomic mass is 9.88. The molecule has 0 bridgehead atoms. The van der Waals surface area contributed by atoms with Crippen LogP contribution >= 0.6 is 0 Å². The molecule has 0 spiro atoms. The second-order valence-electron chi connectivity index (χ2n) is 11.0. The van der Waals surface area contributed by atoms with Crippen LogP contribution in [0.5, 0.6) is 0 Å². The quantitative estimate of drug-likeness (QED) is 0.411. The summed E-state index contributed by atoms with van der Waals surface area (Å²) in [6.07, 6.45) is 1.06. The van der Waals surface area contributed by atoms with Crippen LogP contribution in [0.1, 0.15) is 53.9 Å². The number of rotatable bonds is 7. The summed E-state index contributed by atoms with van der Waals surface area (Å²) in [5.41, 5.74) is 0. The van der Waals surface area contributed by atoms with E-state index < -0.39 is 14.6 Å². The Hall–Kier alpha value is -2.48. The number of carbonyl (C=O) groups is 2. The van der Waals surface area contributed by atoms with Gasteiger partial charge in [-0.2, -0.15) is 0 Å². The average Bonchev–Trinajstić information content (AvgIpc) is 3.15. The number of hydrogen-bond acceptors (Lipinski definition) is 6. The summed E-state index contributed by atoms with van der Waals surface area (Å²) in [6, 6.07) is 21.1. The highest BCUT2D eigenvalue weighted by Gasteiger charge is 2.54. The van der Waals surface area contributed by atoms with Gasteiger partial charge in [-0.15, -0.1) is 0 Å². The molecule has 1 saturated heterocycles. The molecule has 2 aromatic carbocycles. The number of hydrogen-bond donors (Lipinski definition) is 0. The highest BCUT2D eigenvalue weighted by Crippen LogP contribution is 2.45. The number of fused-ring (bicyclic) bond motifs is 1. The molecule has 0 radical (unpaired) electrons. The standard InChI is InChI=1S/C29H38O6Si/c1-20(30)33-27-18-26-24(16-17-28(35-26)34-21(2)31)25(27)19-32-36(29(3,4)5,22-12-8-6-9-13-22)23-14-10-7-11-15-23/h6-15,24-28H,16-19H2,1-5H3/t24-,25-,26+,27-,28?/m1/s1. The largest absolute Gasteiger partial charge is 0.462 e. The molecule has 1 unspecified atom stereocenters. The van der Waals surface area contributed by atoms with E-state index in [4.69, 9.17) is 18.6 Å². The van der Waals surface area contributed by atoms with Gasteiger partial charge in [-0.05, 0) is 27.8 Å². The van der Waals surface area contributed by atoms with Crippen molar-refractivity contribution in [2.24, 2.45) is 11.8 Å². The van der Waals surface area contributed by atoms with Gasteiger partial charge in [0.15, 0.2) is 0 Å². The Bertz CT molecular complexity index is 995. The van der Waals surface area contributed by atoms with E-state index in [1.165, 1.54) is 24.2 Å². The van der Waals surface area contributed by atoms with E-state index in [-0.39, 0.29) is 41.0 Å². The summed E-state index contributed by atoms with van der Waals surface area (Å²) in [5.74, 6) is -0.483. The number of ether oxygens (including phenoxy) is 3. The molecule has 2 aliphatic rings. The second kappa shape index (κ2) is 10.9. The maximum atomic E-state index is 12.0. The minimum Gasteiger partial charge on any atom is -0.462 e. The van der Waals surface area contributed by atoms with E-state index in [0.717, 1.165) is 6.42 Å². The van der Waals surface area contributed by atoms with Crippen molar-refractivity contribution in [2.45, 2.75) is 77.4 Å². The Morgan fingerprint density at radius 3 is 1.94 bits per heavy atom. The monoisotopic (exact) mass is 510 g/mol. The van der Waals surface area contributed by atoms with E-state index in [1.54, 1.807) is 0 Å². The lowest BCUT2D eigenvalue weighted by molar-refractivity contribution is -0.209. The predicted molar refractivity (Wildman–Crippen MR) is 140 cm³/mol. The highest BCUT2D eigenvalue weighted by atomic mass is 28.4. The SMILES string of the molecule is CC(=O)OC1CC[C@@H]2[C@@H](CO[Si](c3ccccc3)(c3ccccc3)C(C)(C)C)[C@H](OC(C)=O)C[C@@H]2O1. The third-order valence-electron chi connectivity index (χ3n) is 7.56.